The van der Waals surface area contributed by atoms with Crippen molar-refractivity contribution >= 4 is 21.9 Å². The molecule has 62 heavy (non-hydrogen) atoms. The van der Waals surface area contributed by atoms with Crippen molar-refractivity contribution in [3.05, 3.63) is 253 Å². The molecule has 0 fully saturated rings. The van der Waals surface area contributed by atoms with Crippen LogP contribution in [0.3, 0.4) is 0 Å². The average molecular weight is 791 g/mol. The Hall–Kier alpha value is -8.14. The van der Waals surface area contributed by atoms with Gasteiger partial charge in [-0.3, -0.25) is 0 Å². The molecule has 1 aliphatic rings. The summed E-state index contributed by atoms with van der Waals surface area (Å²) in [4.78, 5) is 10.4. The summed E-state index contributed by atoms with van der Waals surface area (Å²) in [5.74, 6) is 0.678. The quantitative estimate of drug-likeness (QED) is 0.161. The first-order valence-electron chi connectivity index (χ1n) is 21.1. The first-order chi connectivity index (χ1) is 30.7. The summed E-state index contributed by atoms with van der Waals surface area (Å²) in [7, 11) is 0. The van der Waals surface area contributed by atoms with E-state index in [1.165, 1.54) is 33.4 Å². The van der Waals surface area contributed by atoms with Crippen LogP contribution in [0.25, 0.3) is 89.2 Å². The third-order valence-electron chi connectivity index (χ3n) is 12.6. The Morgan fingerprint density at radius 3 is 1.53 bits per heavy atom. The van der Waals surface area contributed by atoms with Gasteiger partial charge in [0.05, 0.1) is 16.8 Å². The average Bonchev–Trinajstić information content (AvgIpc) is 3.89. The molecule has 3 heteroatoms. The van der Waals surface area contributed by atoms with Gasteiger partial charge >= 0.3 is 0 Å². The molecule has 0 saturated carbocycles. The van der Waals surface area contributed by atoms with E-state index in [1.807, 2.05) is 30.3 Å². The first kappa shape index (κ1) is 35.8. The van der Waals surface area contributed by atoms with E-state index in [2.05, 4.69) is 200 Å². The lowest BCUT2D eigenvalue weighted by Gasteiger charge is -2.34. The van der Waals surface area contributed by atoms with E-state index in [0.717, 1.165) is 72.3 Å². The maximum atomic E-state index is 6.52. The van der Waals surface area contributed by atoms with Crippen molar-refractivity contribution in [3.8, 4) is 67.3 Å². The Morgan fingerprint density at radius 2 is 0.823 bits per heavy atom. The van der Waals surface area contributed by atoms with Crippen molar-refractivity contribution in [3.63, 3.8) is 0 Å². The monoisotopic (exact) mass is 790 g/mol. The smallest absolute Gasteiger partial charge is 0.160 e. The second-order valence-corrected chi connectivity index (χ2v) is 16.0. The van der Waals surface area contributed by atoms with Gasteiger partial charge < -0.3 is 4.42 Å². The molecule has 0 aliphatic heterocycles. The molecule has 12 rings (SSSR count). The molecule has 3 nitrogen and oxygen atoms in total. The van der Waals surface area contributed by atoms with Crippen LogP contribution in [0, 0.1) is 0 Å². The van der Waals surface area contributed by atoms with E-state index in [9.17, 15) is 0 Å². The third kappa shape index (κ3) is 5.67. The Morgan fingerprint density at radius 1 is 0.323 bits per heavy atom. The minimum absolute atomic E-state index is 0.421. The van der Waals surface area contributed by atoms with Crippen LogP contribution in [0.5, 0.6) is 0 Å². The zero-order valence-electron chi connectivity index (χ0n) is 33.7. The number of hydrogen-bond acceptors (Lipinski definition) is 3. The van der Waals surface area contributed by atoms with Crippen molar-refractivity contribution in [1.82, 2.24) is 9.97 Å². The zero-order valence-corrected chi connectivity index (χ0v) is 33.7. The van der Waals surface area contributed by atoms with Gasteiger partial charge in [0.25, 0.3) is 0 Å². The van der Waals surface area contributed by atoms with E-state index in [0.29, 0.717) is 5.82 Å². The van der Waals surface area contributed by atoms with E-state index in [1.54, 1.807) is 0 Å². The molecule has 0 amide bonds. The fourth-order valence-electron chi connectivity index (χ4n) is 9.81. The summed E-state index contributed by atoms with van der Waals surface area (Å²) in [6.07, 6.45) is 0. The van der Waals surface area contributed by atoms with Crippen molar-refractivity contribution in [2.24, 2.45) is 0 Å². The summed E-state index contributed by atoms with van der Waals surface area (Å²) in [6, 6.07) is 82.1. The molecule has 0 atom stereocenters. The molecule has 0 bridgehead atoms. The lowest BCUT2D eigenvalue weighted by Crippen LogP contribution is -2.28. The third-order valence-corrected chi connectivity index (χ3v) is 12.6. The van der Waals surface area contributed by atoms with Crippen LogP contribution in [-0.4, -0.2) is 9.97 Å². The number of para-hydroxylation sites is 2. The molecule has 2 aromatic heterocycles. The highest BCUT2D eigenvalue weighted by atomic mass is 16.3. The minimum Gasteiger partial charge on any atom is -0.455 e. The Bertz CT molecular complexity index is 3400. The van der Waals surface area contributed by atoms with Crippen molar-refractivity contribution in [1.29, 1.82) is 0 Å². The fourth-order valence-corrected chi connectivity index (χ4v) is 9.81. The largest absolute Gasteiger partial charge is 0.455 e. The number of rotatable bonds is 7. The van der Waals surface area contributed by atoms with Gasteiger partial charge in [-0.25, -0.2) is 9.97 Å². The maximum Gasteiger partial charge on any atom is 0.160 e. The summed E-state index contributed by atoms with van der Waals surface area (Å²) in [5.41, 5.74) is 18.1. The van der Waals surface area contributed by atoms with Crippen LogP contribution in [0.2, 0.25) is 0 Å². The number of furan rings is 1. The predicted octanol–water partition coefficient (Wildman–Crippen LogP) is 15.1. The van der Waals surface area contributed by atoms with E-state index >= 15 is 0 Å². The number of benzene rings is 9. The molecule has 290 valence electrons. The summed E-state index contributed by atoms with van der Waals surface area (Å²) in [6.45, 7) is 0. The summed E-state index contributed by atoms with van der Waals surface area (Å²) >= 11 is 0. The van der Waals surface area contributed by atoms with Crippen LogP contribution < -0.4 is 0 Å². The van der Waals surface area contributed by atoms with Crippen molar-refractivity contribution in [2.45, 2.75) is 5.41 Å². The molecular formula is C59H38N2O. The molecule has 9 aromatic carbocycles. The van der Waals surface area contributed by atoms with Gasteiger partial charge in [0.2, 0.25) is 0 Å². The van der Waals surface area contributed by atoms with E-state index in [-0.39, 0.29) is 0 Å². The summed E-state index contributed by atoms with van der Waals surface area (Å²) < 4.78 is 6.52. The highest BCUT2D eigenvalue weighted by Gasteiger charge is 2.45. The SMILES string of the molecule is c1ccc(-c2nc(-c3ccc(-c4ccc(C5(c6ccccc6)c6ccccc6-c6ccccc65)cc4)cc3)cc(-c3ccccc3-c3cccc4c3oc3ccccc34)n2)cc1. The van der Waals surface area contributed by atoms with Crippen molar-refractivity contribution < 1.29 is 4.42 Å². The Balaban J connectivity index is 0.939. The fraction of sp³-hybridized carbons (Fsp3) is 0.0169. The van der Waals surface area contributed by atoms with Crippen LogP contribution >= 0.6 is 0 Å². The highest BCUT2D eigenvalue weighted by Crippen LogP contribution is 2.56. The van der Waals surface area contributed by atoms with Gasteiger partial charge in [-0.1, -0.05) is 218 Å². The molecular weight excluding hydrogens is 753 g/mol. The number of hydrogen-bond donors (Lipinski definition) is 0. The molecule has 2 heterocycles. The van der Waals surface area contributed by atoms with Gasteiger partial charge in [-0.05, 0) is 62.2 Å². The van der Waals surface area contributed by atoms with Gasteiger partial charge in [0, 0.05) is 33.0 Å². The second kappa shape index (κ2) is 14.5. The lowest BCUT2D eigenvalue weighted by molar-refractivity contribution is 0.670. The van der Waals surface area contributed by atoms with Crippen LogP contribution in [0.4, 0.5) is 0 Å². The maximum absolute atomic E-state index is 6.52. The van der Waals surface area contributed by atoms with Crippen LogP contribution in [0.15, 0.2) is 235 Å². The number of nitrogens with zero attached hydrogens (tertiary/aromatic N) is 2. The van der Waals surface area contributed by atoms with Crippen LogP contribution in [0.1, 0.15) is 22.3 Å². The molecule has 0 N–H and O–H groups in total. The molecule has 0 radical (unpaired) electrons. The Labute approximate surface area is 360 Å². The second-order valence-electron chi connectivity index (χ2n) is 16.0. The van der Waals surface area contributed by atoms with Crippen molar-refractivity contribution in [2.75, 3.05) is 0 Å². The zero-order chi connectivity index (χ0) is 41.0. The lowest BCUT2D eigenvalue weighted by atomic mass is 9.67. The first-order valence-corrected chi connectivity index (χ1v) is 21.1. The predicted molar refractivity (Wildman–Crippen MR) is 254 cm³/mol. The molecule has 0 spiro atoms. The van der Waals surface area contributed by atoms with Gasteiger partial charge in [-0.2, -0.15) is 0 Å². The standard InChI is InChI=1S/C59H38N2O/c1-3-16-42(17-4-1)58-60-54(38-55(61-58)48-23-8-7-20-45(48)50-25-15-26-51-49-24-11-14-29-56(49)62-57(50)51)41-32-30-39(31-33-41)40-34-36-44(37-35-40)59(43-18-5-2-6-19-43)52-27-12-9-21-46(52)47-22-10-13-28-53(47)59/h1-38H. The molecule has 0 unspecified atom stereocenters. The molecule has 11 aromatic rings. The van der Waals surface area contributed by atoms with E-state index in [4.69, 9.17) is 14.4 Å². The number of fused-ring (bicyclic) bond motifs is 6. The normalized spacial score (nSPS) is 12.6. The van der Waals surface area contributed by atoms with Gasteiger partial charge in [0.15, 0.2) is 5.82 Å². The summed E-state index contributed by atoms with van der Waals surface area (Å²) in [5, 5.41) is 2.21. The molecule has 0 saturated heterocycles. The number of aromatic nitrogens is 2. The highest BCUT2D eigenvalue weighted by molar-refractivity contribution is 6.10. The Kier molecular flexibility index (Phi) is 8.39. The van der Waals surface area contributed by atoms with Gasteiger partial charge in [-0.15, -0.1) is 0 Å². The topological polar surface area (TPSA) is 38.9 Å². The van der Waals surface area contributed by atoms with Gasteiger partial charge in [0.1, 0.15) is 11.2 Å². The minimum atomic E-state index is -0.421. The van der Waals surface area contributed by atoms with E-state index < -0.39 is 5.41 Å². The van der Waals surface area contributed by atoms with Crippen LogP contribution in [-0.2, 0) is 5.41 Å². The molecule has 1 aliphatic carbocycles.